The Morgan fingerprint density at radius 3 is 2.17 bits per heavy atom. The normalized spacial score (nSPS) is 13.8. The number of hydrogen-bond donors (Lipinski definition) is 3. The number of rotatable bonds is 8. The second-order valence-electron chi connectivity index (χ2n) is 9.67. The maximum absolute atomic E-state index is 13.7. The minimum Gasteiger partial charge on any atom is -0.508 e. The van der Waals surface area contributed by atoms with E-state index in [9.17, 15) is 19.5 Å². The lowest BCUT2D eigenvalue weighted by Crippen LogP contribution is -2.53. The molecule has 2 rings (SSSR count). The zero-order chi connectivity index (χ0) is 26.3. The van der Waals surface area contributed by atoms with Crippen molar-refractivity contribution in [2.24, 2.45) is 0 Å². The first-order chi connectivity index (χ1) is 16.3. The molecule has 0 aromatic heterocycles. The maximum atomic E-state index is 13.7. The third-order valence-electron chi connectivity index (χ3n) is 5.56. The van der Waals surface area contributed by atoms with Crippen LogP contribution in [0.4, 0.5) is 10.5 Å². The number of hydrogen-bond acceptors (Lipinski definition) is 5. The number of ether oxygens (including phenoxy) is 1. The maximum Gasteiger partial charge on any atom is 0.408 e. The Hall–Kier alpha value is -3.55. The van der Waals surface area contributed by atoms with E-state index >= 15 is 0 Å². The van der Waals surface area contributed by atoms with E-state index in [-0.39, 0.29) is 11.8 Å². The summed E-state index contributed by atoms with van der Waals surface area (Å²) >= 11 is 0. The third kappa shape index (κ3) is 7.73. The molecule has 0 saturated heterocycles. The monoisotopic (exact) mass is 483 g/mol. The molecule has 0 aliphatic rings. The van der Waals surface area contributed by atoms with Gasteiger partial charge in [-0.1, -0.05) is 37.3 Å². The zero-order valence-electron chi connectivity index (χ0n) is 21.6. The van der Waals surface area contributed by atoms with Gasteiger partial charge in [-0.25, -0.2) is 4.79 Å². The first-order valence-corrected chi connectivity index (χ1v) is 11.8. The van der Waals surface area contributed by atoms with Crippen LogP contribution >= 0.6 is 0 Å². The molecule has 0 saturated carbocycles. The molecule has 35 heavy (non-hydrogen) atoms. The van der Waals surface area contributed by atoms with Crippen molar-refractivity contribution in [1.82, 2.24) is 10.2 Å². The van der Waals surface area contributed by atoms with Gasteiger partial charge in [0, 0.05) is 11.7 Å². The molecule has 2 aromatic rings. The van der Waals surface area contributed by atoms with E-state index in [1.807, 2.05) is 39.0 Å². The average molecular weight is 484 g/mol. The number of amides is 3. The van der Waals surface area contributed by atoms with Crippen LogP contribution in [0.5, 0.6) is 5.75 Å². The molecule has 0 aliphatic carbocycles. The van der Waals surface area contributed by atoms with Crippen molar-refractivity contribution in [2.75, 3.05) is 5.32 Å². The number of nitrogens with one attached hydrogen (secondary N) is 2. The molecule has 2 aromatic carbocycles. The van der Waals surface area contributed by atoms with E-state index in [0.29, 0.717) is 17.7 Å². The molecule has 3 amide bonds. The lowest BCUT2D eigenvalue weighted by molar-refractivity contribution is -0.143. The fraction of sp³-hybridized carbons (Fsp3) is 0.444. The Labute approximate surface area is 207 Å². The summed E-state index contributed by atoms with van der Waals surface area (Å²) in [6, 6.07) is 11.3. The summed E-state index contributed by atoms with van der Waals surface area (Å²) in [5.41, 5.74) is 1.34. The van der Waals surface area contributed by atoms with Gasteiger partial charge in [0.2, 0.25) is 5.91 Å². The SMILES string of the molecule is CCC(C)N(C(=O)C(C)NC(=O)OC(C)(C)C)C(C(=O)Nc1ccccc1C)c1ccc(O)cc1. The van der Waals surface area contributed by atoms with Crippen molar-refractivity contribution in [2.45, 2.75) is 78.6 Å². The number of anilines is 1. The number of phenols is 1. The first kappa shape index (κ1) is 27.7. The molecule has 3 unspecified atom stereocenters. The highest BCUT2D eigenvalue weighted by molar-refractivity contribution is 5.99. The molecule has 0 heterocycles. The van der Waals surface area contributed by atoms with Crippen LogP contribution in [0, 0.1) is 6.92 Å². The number of nitrogens with zero attached hydrogens (tertiary/aromatic N) is 1. The second kappa shape index (κ2) is 11.7. The lowest BCUT2D eigenvalue weighted by atomic mass is 9.99. The summed E-state index contributed by atoms with van der Waals surface area (Å²) < 4.78 is 5.30. The standard InChI is InChI=1S/C27H37N3O5/c1-8-18(3)30(25(33)19(4)28-26(34)35-27(5,6)7)23(20-13-15-21(31)16-14-20)24(32)29-22-12-10-9-11-17(22)2/h9-16,18-19,23,31H,8H2,1-7H3,(H,28,34)(H,29,32). The topological polar surface area (TPSA) is 108 Å². The van der Waals surface area contributed by atoms with E-state index in [0.717, 1.165) is 5.56 Å². The van der Waals surface area contributed by atoms with Crippen LogP contribution in [0.25, 0.3) is 0 Å². The first-order valence-electron chi connectivity index (χ1n) is 11.8. The van der Waals surface area contributed by atoms with Crippen molar-refractivity contribution in [3.05, 3.63) is 59.7 Å². The zero-order valence-corrected chi connectivity index (χ0v) is 21.6. The molecular weight excluding hydrogens is 446 g/mol. The molecule has 8 nitrogen and oxygen atoms in total. The number of benzene rings is 2. The summed E-state index contributed by atoms with van der Waals surface area (Å²) in [5.74, 6) is -0.778. The van der Waals surface area contributed by atoms with Crippen molar-refractivity contribution >= 4 is 23.6 Å². The van der Waals surface area contributed by atoms with Crippen molar-refractivity contribution < 1.29 is 24.2 Å². The number of phenolic OH excluding ortho intramolecular Hbond substituents is 1. The van der Waals surface area contributed by atoms with Crippen LogP contribution < -0.4 is 10.6 Å². The van der Waals surface area contributed by atoms with Crippen LogP contribution in [0.3, 0.4) is 0 Å². The fourth-order valence-electron chi connectivity index (χ4n) is 3.57. The molecule has 3 N–H and O–H groups in total. The Morgan fingerprint density at radius 2 is 1.63 bits per heavy atom. The summed E-state index contributed by atoms with van der Waals surface area (Å²) in [5, 5.41) is 15.3. The number of para-hydroxylation sites is 1. The Balaban J connectivity index is 2.45. The number of alkyl carbamates (subject to hydrolysis) is 1. The van der Waals surface area contributed by atoms with Gasteiger partial charge in [0.25, 0.3) is 5.91 Å². The van der Waals surface area contributed by atoms with Crippen LogP contribution in [-0.4, -0.2) is 45.6 Å². The van der Waals surface area contributed by atoms with E-state index in [1.54, 1.807) is 45.9 Å². The van der Waals surface area contributed by atoms with Crippen molar-refractivity contribution in [3.8, 4) is 5.75 Å². The van der Waals surface area contributed by atoms with Gasteiger partial charge in [0.1, 0.15) is 23.4 Å². The highest BCUT2D eigenvalue weighted by Crippen LogP contribution is 2.29. The van der Waals surface area contributed by atoms with Gasteiger partial charge in [-0.3, -0.25) is 9.59 Å². The minimum atomic E-state index is -0.999. The predicted octanol–water partition coefficient (Wildman–Crippen LogP) is 4.92. The molecule has 3 atom stereocenters. The van der Waals surface area contributed by atoms with Crippen LogP contribution in [-0.2, 0) is 14.3 Å². The van der Waals surface area contributed by atoms with Crippen LogP contribution in [0.1, 0.15) is 65.1 Å². The molecule has 8 heteroatoms. The highest BCUT2D eigenvalue weighted by atomic mass is 16.6. The van der Waals surface area contributed by atoms with E-state index < -0.39 is 35.6 Å². The second-order valence-corrected chi connectivity index (χ2v) is 9.67. The third-order valence-corrected chi connectivity index (χ3v) is 5.56. The molecule has 0 bridgehead atoms. The molecule has 0 radical (unpaired) electrons. The van der Waals surface area contributed by atoms with E-state index in [4.69, 9.17) is 4.74 Å². The summed E-state index contributed by atoms with van der Waals surface area (Å²) in [6.07, 6.45) is -0.134. The predicted molar refractivity (Wildman–Crippen MR) is 136 cm³/mol. The van der Waals surface area contributed by atoms with E-state index in [2.05, 4.69) is 10.6 Å². The van der Waals surface area contributed by atoms with Gasteiger partial charge in [0.05, 0.1) is 0 Å². The van der Waals surface area contributed by atoms with Gasteiger partial charge in [-0.2, -0.15) is 0 Å². The van der Waals surface area contributed by atoms with Crippen molar-refractivity contribution in [1.29, 1.82) is 0 Å². The van der Waals surface area contributed by atoms with Gasteiger partial charge in [-0.05, 0) is 77.3 Å². The van der Waals surface area contributed by atoms with Crippen LogP contribution in [0.2, 0.25) is 0 Å². The molecule has 0 fully saturated rings. The molecule has 0 spiro atoms. The number of carbonyl (C=O) groups is 3. The quantitative estimate of drug-likeness (QED) is 0.494. The summed E-state index contributed by atoms with van der Waals surface area (Å²) in [7, 11) is 0. The van der Waals surface area contributed by atoms with E-state index in [1.165, 1.54) is 17.0 Å². The smallest absolute Gasteiger partial charge is 0.408 e. The minimum absolute atomic E-state index is 0.0492. The van der Waals surface area contributed by atoms with Gasteiger partial charge in [-0.15, -0.1) is 0 Å². The number of carbonyl (C=O) groups excluding carboxylic acids is 3. The van der Waals surface area contributed by atoms with Gasteiger partial charge in [0.15, 0.2) is 0 Å². The molecular formula is C27H37N3O5. The number of aromatic hydroxyl groups is 1. The van der Waals surface area contributed by atoms with Crippen LogP contribution in [0.15, 0.2) is 48.5 Å². The molecule has 0 aliphatic heterocycles. The van der Waals surface area contributed by atoms with Gasteiger partial charge < -0.3 is 25.4 Å². The number of aryl methyl sites for hydroxylation is 1. The van der Waals surface area contributed by atoms with Crippen molar-refractivity contribution in [3.63, 3.8) is 0 Å². The Kier molecular flexibility index (Phi) is 9.28. The lowest BCUT2D eigenvalue weighted by Gasteiger charge is -2.37. The molecule has 190 valence electrons. The summed E-state index contributed by atoms with van der Waals surface area (Å²) in [4.78, 5) is 41.1. The average Bonchev–Trinajstić information content (AvgIpc) is 2.77. The fourth-order valence-corrected chi connectivity index (χ4v) is 3.57. The summed E-state index contributed by atoms with van der Waals surface area (Å²) in [6.45, 7) is 12.4. The Morgan fingerprint density at radius 1 is 1.03 bits per heavy atom. The van der Waals surface area contributed by atoms with Gasteiger partial charge >= 0.3 is 6.09 Å². The largest absolute Gasteiger partial charge is 0.508 e. The highest BCUT2D eigenvalue weighted by Gasteiger charge is 2.37. The Bertz CT molecular complexity index is 1030.